The summed E-state index contributed by atoms with van der Waals surface area (Å²) in [6.45, 7) is 2.09. The van der Waals surface area contributed by atoms with Crippen LogP contribution < -0.4 is 10.2 Å². The van der Waals surface area contributed by atoms with Gasteiger partial charge in [-0.1, -0.05) is 60.9 Å². The van der Waals surface area contributed by atoms with Crippen molar-refractivity contribution in [2.24, 2.45) is 0 Å². The third-order valence-corrected chi connectivity index (χ3v) is 6.30. The van der Waals surface area contributed by atoms with Gasteiger partial charge in [0.05, 0.1) is 5.69 Å². The first-order valence-corrected chi connectivity index (χ1v) is 10.2. The van der Waals surface area contributed by atoms with Crippen molar-refractivity contribution >= 4 is 22.4 Å². The molecule has 0 radical (unpaired) electrons. The Bertz CT molecular complexity index is 716. The molecule has 5 heteroatoms. The van der Waals surface area contributed by atoms with Crippen molar-refractivity contribution in [2.75, 3.05) is 18.0 Å². The summed E-state index contributed by atoms with van der Waals surface area (Å²) in [5, 5.41) is 4.25. The molecule has 25 heavy (non-hydrogen) atoms. The third kappa shape index (κ3) is 3.71. The Morgan fingerprint density at radius 2 is 1.76 bits per heavy atom. The topological polar surface area (TPSA) is 45.2 Å². The van der Waals surface area contributed by atoms with E-state index in [2.05, 4.69) is 10.2 Å². The van der Waals surface area contributed by atoms with E-state index in [4.69, 9.17) is 4.98 Å². The van der Waals surface area contributed by atoms with E-state index in [-0.39, 0.29) is 5.91 Å². The van der Waals surface area contributed by atoms with Gasteiger partial charge in [0.25, 0.3) is 5.91 Å². The second-order valence-electron chi connectivity index (χ2n) is 7.04. The molecule has 1 N–H and O–H groups in total. The van der Waals surface area contributed by atoms with Crippen LogP contribution in [0.15, 0.2) is 30.3 Å². The highest BCUT2D eigenvalue weighted by Gasteiger charge is 2.25. The van der Waals surface area contributed by atoms with Gasteiger partial charge in [-0.3, -0.25) is 4.79 Å². The van der Waals surface area contributed by atoms with Gasteiger partial charge in [0.1, 0.15) is 4.88 Å². The Hall–Kier alpha value is -1.88. The zero-order chi connectivity index (χ0) is 17.1. The van der Waals surface area contributed by atoms with E-state index in [9.17, 15) is 4.79 Å². The number of hydrogen-bond donors (Lipinski definition) is 1. The molecule has 4 rings (SSSR count). The number of carbonyl (C=O) groups excluding carboxylic acids is 1. The van der Waals surface area contributed by atoms with Gasteiger partial charge in [0, 0.05) is 24.7 Å². The number of aromatic nitrogens is 1. The van der Waals surface area contributed by atoms with E-state index < -0.39 is 0 Å². The lowest BCUT2D eigenvalue weighted by Gasteiger charge is -2.22. The Morgan fingerprint density at radius 3 is 2.48 bits per heavy atom. The molecule has 1 aliphatic carbocycles. The van der Waals surface area contributed by atoms with Crippen molar-refractivity contribution in [3.63, 3.8) is 0 Å². The fraction of sp³-hybridized carbons (Fsp3) is 0.500. The predicted molar refractivity (Wildman–Crippen MR) is 103 cm³/mol. The van der Waals surface area contributed by atoms with Crippen molar-refractivity contribution in [3.05, 3.63) is 35.2 Å². The quantitative estimate of drug-likeness (QED) is 0.880. The number of benzene rings is 1. The molecule has 1 saturated heterocycles. The highest BCUT2D eigenvalue weighted by Crippen LogP contribution is 2.34. The van der Waals surface area contributed by atoms with Crippen LogP contribution in [0.25, 0.3) is 11.3 Å². The van der Waals surface area contributed by atoms with E-state index in [0.29, 0.717) is 6.04 Å². The zero-order valence-corrected chi connectivity index (χ0v) is 15.4. The Labute approximate surface area is 153 Å². The van der Waals surface area contributed by atoms with Gasteiger partial charge < -0.3 is 10.2 Å². The maximum absolute atomic E-state index is 13.0. The molecule has 1 aromatic heterocycles. The average Bonchev–Trinajstić information content (AvgIpc) is 3.33. The molecular formula is C20H25N3OS. The van der Waals surface area contributed by atoms with Crippen molar-refractivity contribution in [1.29, 1.82) is 0 Å². The van der Waals surface area contributed by atoms with E-state index in [0.717, 1.165) is 47.2 Å². The largest absolute Gasteiger partial charge is 0.349 e. The van der Waals surface area contributed by atoms with Gasteiger partial charge in [0.2, 0.25) is 0 Å². The SMILES string of the molecule is O=C(NC1CCCCC1)c1sc(N2CCCC2)nc1-c1ccccc1. The maximum atomic E-state index is 13.0. The number of hydrogen-bond acceptors (Lipinski definition) is 4. The van der Waals surface area contributed by atoms with Crippen LogP contribution >= 0.6 is 11.3 Å². The molecular weight excluding hydrogens is 330 g/mol. The first-order valence-electron chi connectivity index (χ1n) is 9.43. The number of rotatable bonds is 4. The summed E-state index contributed by atoms with van der Waals surface area (Å²) in [7, 11) is 0. The summed E-state index contributed by atoms with van der Waals surface area (Å²) >= 11 is 1.55. The van der Waals surface area contributed by atoms with Crippen molar-refractivity contribution < 1.29 is 4.79 Å². The average molecular weight is 356 g/mol. The summed E-state index contributed by atoms with van der Waals surface area (Å²) in [6.07, 6.45) is 8.36. The van der Waals surface area contributed by atoms with Crippen LogP contribution in [0.3, 0.4) is 0 Å². The predicted octanol–water partition coefficient (Wildman–Crippen LogP) is 4.47. The van der Waals surface area contributed by atoms with Gasteiger partial charge in [0.15, 0.2) is 5.13 Å². The molecule has 0 unspecified atom stereocenters. The van der Waals surface area contributed by atoms with Crippen molar-refractivity contribution in [3.8, 4) is 11.3 Å². The minimum atomic E-state index is 0.0497. The van der Waals surface area contributed by atoms with Gasteiger partial charge in [-0.15, -0.1) is 0 Å². The van der Waals surface area contributed by atoms with Gasteiger partial charge >= 0.3 is 0 Å². The van der Waals surface area contributed by atoms with Crippen LogP contribution in [0.5, 0.6) is 0 Å². The monoisotopic (exact) mass is 355 g/mol. The summed E-state index contributed by atoms with van der Waals surface area (Å²) in [5.74, 6) is 0.0497. The van der Waals surface area contributed by atoms with Gasteiger partial charge in [-0.05, 0) is 25.7 Å². The Kier molecular flexibility index (Phi) is 5.02. The molecule has 1 aliphatic heterocycles. The fourth-order valence-electron chi connectivity index (χ4n) is 3.80. The highest BCUT2D eigenvalue weighted by atomic mass is 32.1. The lowest BCUT2D eigenvalue weighted by molar-refractivity contribution is 0.0932. The van der Waals surface area contributed by atoms with Gasteiger partial charge in [-0.2, -0.15) is 0 Å². The molecule has 2 aliphatic rings. The standard InChI is InChI=1S/C20H25N3OS/c24-19(21-16-11-5-2-6-12-16)18-17(15-9-3-1-4-10-15)22-20(25-18)23-13-7-8-14-23/h1,3-4,9-10,16H,2,5-8,11-14H2,(H,21,24). The van der Waals surface area contributed by atoms with Crippen LogP contribution in [-0.4, -0.2) is 30.0 Å². The maximum Gasteiger partial charge on any atom is 0.263 e. The lowest BCUT2D eigenvalue weighted by Crippen LogP contribution is -2.36. The number of carbonyl (C=O) groups is 1. The number of anilines is 1. The summed E-state index contributed by atoms with van der Waals surface area (Å²) < 4.78 is 0. The van der Waals surface area contributed by atoms with Crippen LogP contribution in [0.1, 0.15) is 54.6 Å². The molecule has 132 valence electrons. The minimum absolute atomic E-state index is 0.0497. The van der Waals surface area contributed by atoms with E-state index in [1.807, 2.05) is 30.3 Å². The summed E-state index contributed by atoms with van der Waals surface area (Å²) in [4.78, 5) is 20.9. The van der Waals surface area contributed by atoms with Crippen molar-refractivity contribution in [1.82, 2.24) is 10.3 Å². The molecule has 2 aromatic rings. The molecule has 0 spiro atoms. The smallest absolute Gasteiger partial charge is 0.263 e. The van der Waals surface area contributed by atoms with Crippen molar-refractivity contribution in [2.45, 2.75) is 51.0 Å². The summed E-state index contributed by atoms with van der Waals surface area (Å²) in [5.41, 5.74) is 1.86. The third-order valence-electron chi connectivity index (χ3n) is 5.19. The Balaban J connectivity index is 1.63. The van der Waals surface area contributed by atoms with Gasteiger partial charge in [-0.25, -0.2) is 4.98 Å². The normalized spacial score (nSPS) is 18.5. The number of amides is 1. The first-order chi connectivity index (χ1) is 12.3. The molecule has 1 saturated carbocycles. The Morgan fingerprint density at radius 1 is 1.04 bits per heavy atom. The molecule has 2 heterocycles. The molecule has 1 aromatic carbocycles. The van der Waals surface area contributed by atoms with Crippen LogP contribution in [0, 0.1) is 0 Å². The van der Waals surface area contributed by atoms with E-state index >= 15 is 0 Å². The molecule has 4 nitrogen and oxygen atoms in total. The fourth-order valence-corrected chi connectivity index (χ4v) is 4.84. The second-order valence-corrected chi connectivity index (χ2v) is 8.02. The molecule has 1 amide bonds. The number of nitrogens with zero attached hydrogens (tertiary/aromatic N) is 2. The highest BCUT2D eigenvalue weighted by molar-refractivity contribution is 7.18. The number of nitrogens with one attached hydrogen (secondary N) is 1. The zero-order valence-electron chi connectivity index (χ0n) is 14.5. The molecule has 0 bridgehead atoms. The van der Waals surface area contributed by atoms with Crippen LogP contribution in [0.2, 0.25) is 0 Å². The van der Waals surface area contributed by atoms with E-state index in [1.165, 1.54) is 32.1 Å². The summed E-state index contributed by atoms with van der Waals surface area (Å²) in [6, 6.07) is 10.4. The minimum Gasteiger partial charge on any atom is -0.349 e. The van der Waals surface area contributed by atoms with Crippen LogP contribution in [0.4, 0.5) is 5.13 Å². The van der Waals surface area contributed by atoms with E-state index in [1.54, 1.807) is 11.3 Å². The van der Waals surface area contributed by atoms with Crippen LogP contribution in [-0.2, 0) is 0 Å². The second kappa shape index (κ2) is 7.56. The number of thiazole rings is 1. The lowest BCUT2D eigenvalue weighted by atomic mass is 9.95. The molecule has 2 fully saturated rings. The molecule has 0 atom stereocenters. The first kappa shape index (κ1) is 16.6.